The molecule has 1 unspecified atom stereocenters. The van der Waals surface area contributed by atoms with E-state index in [-0.39, 0.29) is 10.8 Å². The number of aromatic nitrogens is 2. The van der Waals surface area contributed by atoms with Gasteiger partial charge in [0.25, 0.3) is 0 Å². The van der Waals surface area contributed by atoms with Gasteiger partial charge in [-0.2, -0.15) is 0 Å². The van der Waals surface area contributed by atoms with Gasteiger partial charge in [0, 0.05) is 15.1 Å². The van der Waals surface area contributed by atoms with Crippen LogP contribution in [0.4, 0.5) is 0 Å². The van der Waals surface area contributed by atoms with E-state index in [0.717, 1.165) is 27.4 Å². The summed E-state index contributed by atoms with van der Waals surface area (Å²) >= 11 is 5.39. The van der Waals surface area contributed by atoms with Crippen molar-refractivity contribution in [2.75, 3.05) is 5.88 Å². The summed E-state index contributed by atoms with van der Waals surface area (Å²) in [4.78, 5) is 7.99. The van der Waals surface area contributed by atoms with Gasteiger partial charge in [0.1, 0.15) is 5.82 Å². The van der Waals surface area contributed by atoms with Crippen LogP contribution in [0, 0.1) is 0 Å². The summed E-state index contributed by atoms with van der Waals surface area (Å²) in [7, 11) is 0. The lowest BCUT2D eigenvalue weighted by atomic mass is 10.0. The minimum Gasteiger partial charge on any atom is -0.341 e. The van der Waals surface area contributed by atoms with Gasteiger partial charge in [0.2, 0.25) is 0 Å². The van der Waals surface area contributed by atoms with E-state index in [1.54, 1.807) is 0 Å². The second-order valence-corrected chi connectivity index (χ2v) is 7.76. The van der Waals surface area contributed by atoms with Crippen LogP contribution in [0.5, 0.6) is 0 Å². The van der Waals surface area contributed by atoms with Crippen molar-refractivity contribution >= 4 is 27.7 Å². The molecule has 1 aromatic carbocycles. The summed E-state index contributed by atoms with van der Waals surface area (Å²) in [6.07, 6.45) is 1.92. The van der Waals surface area contributed by atoms with Crippen LogP contribution >= 0.6 is 27.7 Å². The van der Waals surface area contributed by atoms with Crippen LogP contribution in [0.25, 0.3) is 11.3 Å². The zero-order valence-electron chi connectivity index (χ0n) is 10.9. The first-order chi connectivity index (χ1) is 9.06. The third-order valence-corrected chi connectivity index (χ3v) is 5.27. The van der Waals surface area contributed by atoms with Gasteiger partial charge in [0.05, 0.1) is 17.9 Å². The van der Waals surface area contributed by atoms with Gasteiger partial charge in [-0.1, -0.05) is 28.1 Å². The van der Waals surface area contributed by atoms with Crippen LogP contribution in [0.3, 0.4) is 0 Å². The van der Waals surface area contributed by atoms with E-state index in [0.29, 0.717) is 0 Å². The van der Waals surface area contributed by atoms with Crippen LogP contribution in [-0.4, -0.2) is 20.6 Å². The number of hydrogen-bond donors (Lipinski definition) is 2. The normalized spacial score (nSPS) is 21.7. The predicted octanol–water partition coefficient (Wildman–Crippen LogP) is 3.95. The van der Waals surface area contributed by atoms with Crippen molar-refractivity contribution in [2.24, 2.45) is 0 Å². The number of halogens is 1. The fourth-order valence-electron chi connectivity index (χ4n) is 2.33. The van der Waals surface area contributed by atoms with E-state index in [1.807, 2.05) is 30.1 Å². The molecule has 2 N–H and O–H groups in total. The molecule has 2 heterocycles. The Hall–Kier alpha value is -0.780. The average molecular weight is 338 g/mol. The smallest absolute Gasteiger partial charge is 0.125 e. The maximum Gasteiger partial charge on any atom is 0.125 e. The summed E-state index contributed by atoms with van der Waals surface area (Å²) in [5, 5.41) is 3.50. The molecule has 100 valence electrons. The summed E-state index contributed by atoms with van der Waals surface area (Å²) < 4.78 is 1.26. The summed E-state index contributed by atoms with van der Waals surface area (Å²) in [5.74, 6) is 2.00. The maximum atomic E-state index is 4.55. The molecule has 1 aliphatic heterocycles. The Morgan fingerprint density at radius 3 is 2.68 bits per heavy atom. The fraction of sp³-hybridized carbons (Fsp3) is 0.357. The molecule has 0 spiro atoms. The zero-order chi connectivity index (χ0) is 13.5. The molecule has 1 aromatic heterocycles. The quantitative estimate of drug-likeness (QED) is 0.871. The van der Waals surface area contributed by atoms with E-state index in [9.17, 15) is 0 Å². The van der Waals surface area contributed by atoms with Gasteiger partial charge in [-0.3, -0.25) is 5.32 Å². The molecule has 0 saturated carbocycles. The molecule has 5 heteroatoms. The van der Waals surface area contributed by atoms with Crippen molar-refractivity contribution in [2.45, 2.75) is 24.6 Å². The molecule has 19 heavy (non-hydrogen) atoms. The Kier molecular flexibility index (Phi) is 3.45. The Bertz CT molecular complexity index is 577. The minimum atomic E-state index is 0.175. The number of hydrogen-bond acceptors (Lipinski definition) is 3. The van der Waals surface area contributed by atoms with Gasteiger partial charge >= 0.3 is 0 Å². The lowest BCUT2D eigenvalue weighted by Crippen LogP contribution is -2.28. The second kappa shape index (κ2) is 4.96. The maximum absolute atomic E-state index is 4.55. The first kappa shape index (κ1) is 13.2. The first-order valence-electron chi connectivity index (χ1n) is 6.24. The number of imidazole rings is 1. The number of H-pyrrole nitrogens is 1. The molecule has 0 amide bonds. The number of thioether (sulfide) groups is 1. The topological polar surface area (TPSA) is 40.7 Å². The molecule has 3 nitrogen and oxygen atoms in total. The van der Waals surface area contributed by atoms with E-state index in [4.69, 9.17) is 0 Å². The number of nitrogens with zero attached hydrogens (tertiary/aromatic N) is 1. The highest BCUT2D eigenvalue weighted by Crippen LogP contribution is 2.41. The molecule has 1 fully saturated rings. The number of benzene rings is 1. The van der Waals surface area contributed by atoms with Crippen LogP contribution in [-0.2, 0) is 0 Å². The molecule has 1 aliphatic rings. The average Bonchev–Trinajstić information content (AvgIpc) is 2.96. The highest BCUT2D eigenvalue weighted by atomic mass is 79.9. The van der Waals surface area contributed by atoms with Crippen molar-refractivity contribution in [3.8, 4) is 11.3 Å². The van der Waals surface area contributed by atoms with Crippen molar-refractivity contribution < 1.29 is 0 Å². The molecule has 1 saturated heterocycles. The van der Waals surface area contributed by atoms with Crippen molar-refractivity contribution in [1.82, 2.24) is 15.3 Å². The Morgan fingerprint density at radius 1 is 1.32 bits per heavy atom. The van der Waals surface area contributed by atoms with Crippen LogP contribution in [0.1, 0.15) is 25.7 Å². The van der Waals surface area contributed by atoms with Crippen molar-refractivity contribution in [3.05, 3.63) is 40.8 Å². The fourth-order valence-corrected chi connectivity index (χ4v) is 3.57. The Balaban J connectivity index is 1.89. The van der Waals surface area contributed by atoms with E-state index in [2.05, 4.69) is 57.2 Å². The van der Waals surface area contributed by atoms with Crippen LogP contribution < -0.4 is 5.32 Å². The summed E-state index contributed by atoms with van der Waals surface area (Å²) in [6.45, 7) is 4.51. The van der Waals surface area contributed by atoms with Crippen molar-refractivity contribution in [1.29, 1.82) is 0 Å². The minimum absolute atomic E-state index is 0.175. The van der Waals surface area contributed by atoms with Gasteiger partial charge in [-0.15, -0.1) is 11.8 Å². The highest BCUT2D eigenvalue weighted by Gasteiger charge is 2.37. The lowest BCUT2D eigenvalue weighted by Gasteiger charge is -2.23. The zero-order valence-corrected chi connectivity index (χ0v) is 13.3. The first-order valence-corrected chi connectivity index (χ1v) is 8.02. The predicted molar refractivity (Wildman–Crippen MR) is 84.1 cm³/mol. The van der Waals surface area contributed by atoms with Crippen molar-refractivity contribution in [3.63, 3.8) is 0 Å². The third kappa shape index (κ3) is 2.59. The highest BCUT2D eigenvalue weighted by molar-refractivity contribution is 9.10. The lowest BCUT2D eigenvalue weighted by molar-refractivity contribution is 0.486. The molecular formula is C14H16BrN3S. The van der Waals surface area contributed by atoms with E-state index in [1.165, 1.54) is 0 Å². The number of aromatic amines is 1. The Morgan fingerprint density at radius 2 is 2.05 bits per heavy atom. The van der Waals surface area contributed by atoms with Gasteiger partial charge in [-0.05, 0) is 31.5 Å². The third-order valence-electron chi connectivity index (χ3n) is 3.45. The molecular weight excluding hydrogens is 322 g/mol. The molecule has 0 aliphatic carbocycles. The SMILES string of the molecule is CC1(C)SCNC1c1ncc(-c2ccc(Br)cc2)[nH]1. The molecule has 3 rings (SSSR count). The Labute approximate surface area is 125 Å². The van der Waals surface area contributed by atoms with E-state index < -0.39 is 0 Å². The van der Waals surface area contributed by atoms with Gasteiger partial charge < -0.3 is 4.98 Å². The summed E-state index contributed by atoms with van der Waals surface area (Å²) in [6, 6.07) is 8.54. The second-order valence-electron chi connectivity index (χ2n) is 5.22. The number of nitrogens with one attached hydrogen (secondary N) is 2. The van der Waals surface area contributed by atoms with Crippen LogP contribution in [0.15, 0.2) is 34.9 Å². The standard InChI is InChI=1S/C14H16BrN3S/c1-14(2)12(17-8-19-14)13-16-7-11(18-13)9-3-5-10(15)6-4-9/h3-7,12,17H,8H2,1-2H3,(H,16,18). The van der Waals surface area contributed by atoms with Crippen LogP contribution in [0.2, 0.25) is 0 Å². The largest absolute Gasteiger partial charge is 0.341 e. The monoisotopic (exact) mass is 337 g/mol. The van der Waals surface area contributed by atoms with Gasteiger partial charge in [-0.25, -0.2) is 4.98 Å². The molecule has 1 atom stereocenters. The number of rotatable bonds is 2. The molecule has 2 aromatic rings. The van der Waals surface area contributed by atoms with E-state index >= 15 is 0 Å². The summed E-state index contributed by atoms with van der Waals surface area (Å²) in [5.41, 5.74) is 2.22. The molecule has 0 radical (unpaired) electrons. The van der Waals surface area contributed by atoms with Gasteiger partial charge in [0.15, 0.2) is 0 Å². The molecule has 0 bridgehead atoms.